The molecule has 1 aliphatic rings. The van der Waals surface area contributed by atoms with Crippen molar-refractivity contribution in [3.8, 4) is 0 Å². The minimum Gasteiger partial charge on any atom is -0.294 e. The number of fused-ring (bicyclic) bond motifs is 2. The van der Waals surface area contributed by atoms with Crippen molar-refractivity contribution in [2.45, 2.75) is 37.0 Å². The number of hydrogen-bond acceptors (Lipinski definition) is 3. The van der Waals surface area contributed by atoms with Crippen molar-refractivity contribution in [3.05, 3.63) is 119 Å². The number of benzene rings is 3. The van der Waals surface area contributed by atoms with Crippen LogP contribution in [0.3, 0.4) is 0 Å². The number of rotatable bonds is 6. The average Bonchev–Trinajstić information content (AvgIpc) is 3.22. The van der Waals surface area contributed by atoms with Gasteiger partial charge in [0, 0.05) is 17.2 Å². The first-order valence-electron chi connectivity index (χ1n) is 11.6. The van der Waals surface area contributed by atoms with Crippen LogP contribution in [0, 0.1) is 6.92 Å². The Morgan fingerprint density at radius 1 is 0.971 bits per heavy atom. The van der Waals surface area contributed by atoms with Crippen LogP contribution in [-0.4, -0.2) is 18.2 Å². The molecule has 1 atom stereocenters. The van der Waals surface area contributed by atoms with Crippen molar-refractivity contribution < 1.29 is 13.2 Å². The quantitative estimate of drug-likeness (QED) is 0.307. The fourth-order valence-corrected chi connectivity index (χ4v) is 6.49. The lowest BCUT2D eigenvalue weighted by molar-refractivity contribution is -0.120. The fraction of sp³-hybridized carbons (Fsp3) is 0.167. The standard InChI is InChI=1S/C30H27NO3S/c1-4-9-23-18-22-10-5-7-12-27(22)30(3,29(23)32)19-24-20-31(28-13-8-6-11-26(24)28)35(33,34)25-16-14-21(2)15-17-25/h4-8,10-18,20H,1,9,19H2,2-3H3/t30-/m0/s1. The lowest BCUT2D eigenvalue weighted by atomic mass is 9.67. The van der Waals surface area contributed by atoms with Crippen molar-refractivity contribution in [2.24, 2.45) is 0 Å². The molecule has 4 nitrogen and oxygen atoms in total. The molecular formula is C30H27NO3S. The zero-order valence-corrected chi connectivity index (χ0v) is 20.7. The molecule has 0 aliphatic heterocycles. The maximum atomic E-state index is 13.8. The number of aryl methyl sites for hydroxylation is 1. The number of aromatic nitrogens is 1. The molecule has 0 spiro atoms. The Bertz CT molecular complexity index is 1610. The van der Waals surface area contributed by atoms with Crippen molar-refractivity contribution >= 4 is 32.8 Å². The Kier molecular flexibility index (Phi) is 5.60. The molecule has 0 unspecified atom stereocenters. The normalized spacial score (nSPS) is 17.8. The maximum Gasteiger partial charge on any atom is 0.268 e. The van der Waals surface area contributed by atoms with E-state index in [1.54, 1.807) is 36.5 Å². The van der Waals surface area contributed by atoms with E-state index < -0.39 is 15.4 Å². The summed E-state index contributed by atoms with van der Waals surface area (Å²) in [6, 6.07) is 22.3. The van der Waals surface area contributed by atoms with Gasteiger partial charge in [-0.2, -0.15) is 0 Å². The van der Waals surface area contributed by atoms with Crippen LogP contribution in [0.5, 0.6) is 0 Å². The molecule has 4 aromatic rings. The van der Waals surface area contributed by atoms with E-state index in [0.717, 1.165) is 33.2 Å². The third-order valence-corrected chi connectivity index (χ3v) is 8.61. The Balaban J connectivity index is 1.67. The minimum absolute atomic E-state index is 0.0503. The van der Waals surface area contributed by atoms with Gasteiger partial charge in [0.25, 0.3) is 10.0 Å². The SMILES string of the molecule is C=CCC1=Cc2ccccc2[C@](C)(Cc2cn(S(=O)(=O)c3ccc(C)cc3)c3ccccc23)C1=O. The van der Waals surface area contributed by atoms with E-state index in [2.05, 4.69) is 6.58 Å². The van der Waals surface area contributed by atoms with Gasteiger partial charge < -0.3 is 0 Å². The fourth-order valence-electron chi connectivity index (χ4n) is 5.10. The van der Waals surface area contributed by atoms with Gasteiger partial charge in [-0.1, -0.05) is 66.2 Å². The van der Waals surface area contributed by atoms with Crippen LogP contribution in [-0.2, 0) is 26.7 Å². The van der Waals surface area contributed by atoms with Crippen LogP contribution < -0.4 is 0 Å². The van der Waals surface area contributed by atoms with E-state index in [-0.39, 0.29) is 10.7 Å². The molecule has 0 saturated carbocycles. The molecule has 0 N–H and O–H groups in total. The second kappa shape index (κ2) is 8.51. The average molecular weight is 482 g/mol. The van der Waals surface area contributed by atoms with Crippen molar-refractivity contribution in [1.82, 2.24) is 3.97 Å². The molecule has 0 radical (unpaired) electrons. The van der Waals surface area contributed by atoms with Gasteiger partial charge in [-0.05, 0) is 67.7 Å². The molecule has 1 aromatic heterocycles. The molecule has 0 saturated heterocycles. The number of ketones is 1. The van der Waals surface area contributed by atoms with Gasteiger partial charge in [0.15, 0.2) is 5.78 Å². The molecule has 0 amide bonds. The highest BCUT2D eigenvalue weighted by atomic mass is 32.2. The van der Waals surface area contributed by atoms with Crippen LogP contribution in [0.25, 0.3) is 17.0 Å². The van der Waals surface area contributed by atoms with Crippen LogP contribution >= 0.6 is 0 Å². The number of hydrogen-bond donors (Lipinski definition) is 0. The molecule has 3 aromatic carbocycles. The molecule has 1 aliphatic carbocycles. The predicted octanol–water partition coefficient (Wildman–Crippen LogP) is 6.23. The Morgan fingerprint density at radius 2 is 1.66 bits per heavy atom. The van der Waals surface area contributed by atoms with Gasteiger partial charge in [0.1, 0.15) is 0 Å². The summed E-state index contributed by atoms with van der Waals surface area (Å²) in [6.45, 7) is 7.71. The topological polar surface area (TPSA) is 56.1 Å². The highest BCUT2D eigenvalue weighted by Gasteiger charge is 2.41. The number of Topliss-reactive ketones (excluding diaryl/α,β-unsaturated/α-hetero) is 1. The smallest absolute Gasteiger partial charge is 0.268 e. The number of nitrogens with zero attached hydrogens (tertiary/aromatic N) is 1. The summed E-state index contributed by atoms with van der Waals surface area (Å²) >= 11 is 0. The lowest BCUT2D eigenvalue weighted by Crippen LogP contribution is -2.38. The first-order chi connectivity index (χ1) is 16.8. The zero-order valence-electron chi connectivity index (χ0n) is 19.9. The van der Waals surface area contributed by atoms with Gasteiger partial charge in [-0.25, -0.2) is 12.4 Å². The summed E-state index contributed by atoms with van der Waals surface area (Å²) in [6.07, 6.45) is 6.26. The summed E-state index contributed by atoms with van der Waals surface area (Å²) in [4.78, 5) is 14.0. The second-order valence-corrected chi connectivity index (χ2v) is 11.2. The summed E-state index contributed by atoms with van der Waals surface area (Å²) in [5, 5.41) is 0.828. The van der Waals surface area contributed by atoms with Gasteiger partial charge >= 0.3 is 0 Å². The van der Waals surface area contributed by atoms with Gasteiger partial charge in [0.2, 0.25) is 0 Å². The van der Waals surface area contributed by atoms with Gasteiger partial charge in [-0.3, -0.25) is 4.79 Å². The number of para-hydroxylation sites is 1. The van der Waals surface area contributed by atoms with Gasteiger partial charge in [0.05, 0.1) is 15.8 Å². The van der Waals surface area contributed by atoms with Crippen LogP contribution in [0.15, 0.2) is 102 Å². The number of carbonyl (C=O) groups excluding carboxylic acids is 1. The van der Waals surface area contributed by atoms with Gasteiger partial charge in [-0.15, -0.1) is 6.58 Å². The van der Waals surface area contributed by atoms with Crippen LogP contribution in [0.1, 0.15) is 35.6 Å². The highest BCUT2D eigenvalue weighted by Crippen LogP contribution is 2.41. The first kappa shape index (κ1) is 23.1. The second-order valence-electron chi connectivity index (χ2n) is 9.37. The number of carbonyl (C=O) groups is 1. The monoisotopic (exact) mass is 481 g/mol. The summed E-state index contributed by atoms with van der Waals surface area (Å²) in [5.74, 6) is 0.0503. The minimum atomic E-state index is -3.81. The summed E-state index contributed by atoms with van der Waals surface area (Å²) in [7, 11) is -3.81. The third kappa shape index (κ3) is 3.76. The maximum absolute atomic E-state index is 13.8. The van der Waals surface area contributed by atoms with E-state index >= 15 is 0 Å². The zero-order chi connectivity index (χ0) is 24.8. The Morgan fingerprint density at radius 3 is 2.40 bits per heavy atom. The molecule has 5 rings (SSSR count). The molecule has 1 heterocycles. The van der Waals surface area contributed by atoms with Crippen molar-refractivity contribution in [3.63, 3.8) is 0 Å². The largest absolute Gasteiger partial charge is 0.294 e. The third-order valence-electron chi connectivity index (χ3n) is 6.92. The van der Waals surface area contributed by atoms with Crippen molar-refractivity contribution in [2.75, 3.05) is 0 Å². The van der Waals surface area contributed by atoms with E-state index in [1.165, 1.54) is 3.97 Å². The molecule has 5 heteroatoms. The first-order valence-corrected chi connectivity index (χ1v) is 13.1. The van der Waals surface area contributed by atoms with Crippen LogP contribution in [0.2, 0.25) is 0 Å². The molecule has 176 valence electrons. The van der Waals surface area contributed by atoms with Crippen LogP contribution in [0.4, 0.5) is 0 Å². The predicted molar refractivity (Wildman–Crippen MR) is 141 cm³/mol. The molecule has 35 heavy (non-hydrogen) atoms. The highest BCUT2D eigenvalue weighted by molar-refractivity contribution is 7.90. The Hall–Kier alpha value is -3.70. The van der Waals surface area contributed by atoms with E-state index in [1.807, 2.05) is 68.5 Å². The lowest BCUT2D eigenvalue weighted by Gasteiger charge is -2.34. The summed E-state index contributed by atoms with van der Waals surface area (Å²) < 4.78 is 28.6. The molecule has 0 fully saturated rings. The van der Waals surface area contributed by atoms with Crippen molar-refractivity contribution in [1.29, 1.82) is 0 Å². The summed E-state index contributed by atoms with van der Waals surface area (Å²) in [5.41, 5.74) is 4.28. The van der Waals surface area contributed by atoms with E-state index in [9.17, 15) is 13.2 Å². The van der Waals surface area contributed by atoms with E-state index in [4.69, 9.17) is 0 Å². The number of allylic oxidation sites excluding steroid dienone is 2. The molecular weight excluding hydrogens is 454 g/mol. The molecule has 0 bridgehead atoms. The Labute approximate surface area is 206 Å². The van der Waals surface area contributed by atoms with E-state index in [0.29, 0.717) is 18.4 Å².